The fraction of sp³-hybridized carbons (Fsp3) is 0.611. The molecule has 1 aromatic rings. The number of pyridine rings is 1. The van der Waals surface area contributed by atoms with Gasteiger partial charge in [-0.15, -0.1) is 0 Å². The number of anilines is 1. The van der Waals surface area contributed by atoms with E-state index in [1.165, 1.54) is 30.2 Å². The third-order valence-corrected chi connectivity index (χ3v) is 6.00. The first-order valence-electron chi connectivity index (χ1n) is 8.72. The first kappa shape index (κ1) is 17.1. The number of nitrogens with zero attached hydrogens (tertiary/aromatic N) is 3. The van der Waals surface area contributed by atoms with Gasteiger partial charge in [-0.25, -0.2) is 4.98 Å². The summed E-state index contributed by atoms with van der Waals surface area (Å²) in [4.78, 5) is 18.4. The van der Waals surface area contributed by atoms with E-state index in [0.29, 0.717) is 10.6 Å². The van der Waals surface area contributed by atoms with Crippen LogP contribution in [0.5, 0.6) is 0 Å². The average molecular weight is 344 g/mol. The average Bonchev–Trinajstić information content (AvgIpc) is 2.59. The van der Waals surface area contributed by atoms with Crippen molar-refractivity contribution in [3.05, 3.63) is 16.7 Å². The molecule has 1 aliphatic carbocycles. The number of carbonyl (C=O) groups is 1. The number of fused-ring (bicyclic) bond motifs is 1. The maximum atomic E-state index is 11.2. The largest absolute Gasteiger partial charge is 0.369 e. The highest BCUT2D eigenvalue weighted by molar-refractivity contribution is 8.00. The second-order valence-electron chi connectivity index (χ2n) is 6.82. The van der Waals surface area contributed by atoms with Crippen LogP contribution in [0.4, 0.5) is 5.82 Å². The number of carbonyl (C=O) groups excluding carboxylic acids is 1. The van der Waals surface area contributed by atoms with Crippen LogP contribution in [0.2, 0.25) is 0 Å². The number of aromatic nitrogens is 1. The summed E-state index contributed by atoms with van der Waals surface area (Å²) >= 11 is 1.30. The van der Waals surface area contributed by atoms with Crippen molar-refractivity contribution in [2.24, 2.45) is 11.7 Å². The van der Waals surface area contributed by atoms with Crippen molar-refractivity contribution in [3.63, 3.8) is 0 Å². The molecule has 0 atom stereocenters. The van der Waals surface area contributed by atoms with Gasteiger partial charge in [0.1, 0.15) is 16.9 Å². The van der Waals surface area contributed by atoms with Crippen LogP contribution in [-0.2, 0) is 17.6 Å². The number of thioether (sulfide) groups is 1. The van der Waals surface area contributed by atoms with E-state index < -0.39 is 0 Å². The minimum atomic E-state index is -0.378. The zero-order chi connectivity index (χ0) is 17.1. The summed E-state index contributed by atoms with van der Waals surface area (Å²) in [6, 6.07) is 2.33. The Bertz CT molecular complexity index is 675. The van der Waals surface area contributed by atoms with Crippen LogP contribution < -0.4 is 10.6 Å². The summed E-state index contributed by atoms with van der Waals surface area (Å²) < 4.78 is 0. The molecule has 0 unspecified atom stereocenters. The monoisotopic (exact) mass is 344 g/mol. The van der Waals surface area contributed by atoms with Crippen LogP contribution in [0.3, 0.4) is 0 Å². The summed E-state index contributed by atoms with van der Waals surface area (Å²) in [5, 5.41) is 10.3. The second-order valence-corrected chi connectivity index (χ2v) is 7.78. The molecule has 5 nitrogen and oxygen atoms in total. The molecular weight excluding hydrogens is 320 g/mol. The molecular formula is C18H24N4OS. The Hall–Kier alpha value is -1.74. The Kier molecular flexibility index (Phi) is 5.30. The highest BCUT2D eigenvalue weighted by atomic mass is 32.2. The summed E-state index contributed by atoms with van der Waals surface area (Å²) in [6.45, 7) is 4.34. The lowest BCUT2D eigenvalue weighted by Crippen LogP contribution is -2.35. The highest BCUT2D eigenvalue weighted by Gasteiger charge is 2.27. The van der Waals surface area contributed by atoms with Gasteiger partial charge >= 0.3 is 0 Å². The van der Waals surface area contributed by atoms with E-state index in [9.17, 15) is 10.1 Å². The molecule has 0 aromatic carbocycles. The molecule has 2 N–H and O–H groups in total. The van der Waals surface area contributed by atoms with Gasteiger partial charge in [0.05, 0.1) is 11.3 Å². The van der Waals surface area contributed by atoms with E-state index in [0.717, 1.165) is 56.1 Å². The maximum Gasteiger partial charge on any atom is 0.227 e. The molecule has 1 saturated heterocycles. The number of nitriles is 1. The van der Waals surface area contributed by atoms with Crippen molar-refractivity contribution in [1.29, 1.82) is 5.26 Å². The van der Waals surface area contributed by atoms with Crippen LogP contribution in [0.25, 0.3) is 0 Å². The molecule has 0 spiro atoms. The standard InChI is InChI=1S/C18H24N4OS/c1-12-6-8-22(9-7-12)17-14-5-3-2-4-13(14)15(10-19)18(21-17)24-11-16(20)23/h12H,2-9,11H2,1H3,(H2,20,23). The topological polar surface area (TPSA) is 83.0 Å². The fourth-order valence-corrected chi connectivity index (χ4v) is 4.36. The molecule has 6 heteroatoms. The number of piperidine rings is 1. The zero-order valence-electron chi connectivity index (χ0n) is 14.2. The third-order valence-electron chi connectivity index (χ3n) is 5.01. The van der Waals surface area contributed by atoms with Crippen LogP contribution in [0, 0.1) is 17.2 Å². The molecule has 0 bridgehead atoms. The van der Waals surface area contributed by atoms with Gasteiger partial charge in [0.15, 0.2) is 0 Å². The van der Waals surface area contributed by atoms with E-state index in [2.05, 4.69) is 17.9 Å². The molecule has 1 amide bonds. The molecule has 128 valence electrons. The SMILES string of the molecule is CC1CCN(c2nc(SCC(N)=O)c(C#N)c3c2CCCC3)CC1. The van der Waals surface area contributed by atoms with Gasteiger partial charge in [-0.1, -0.05) is 18.7 Å². The van der Waals surface area contributed by atoms with Crippen molar-refractivity contribution in [3.8, 4) is 6.07 Å². The quantitative estimate of drug-likeness (QED) is 0.849. The molecule has 0 radical (unpaired) electrons. The number of rotatable bonds is 4. The van der Waals surface area contributed by atoms with Crippen molar-refractivity contribution < 1.29 is 4.79 Å². The second kappa shape index (κ2) is 7.43. The Balaban J connectivity index is 2.02. The molecule has 2 heterocycles. The summed E-state index contributed by atoms with van der Waals surface area (Å²) in [5.41, 5.74) is 8.35. The predicted octanol–water partition coefficient (Wildman–Crippen LogP) is 2.65. The minimum Gasteiger partial charge on any atom is -0.369 e. The zero-order valence-corrected chi connectivity index (χ0v) is 15.0. The molecule has 0 saturated carbocycles. The van der Waals surface area contributed by atoms with Crippen molar-refractivity contribution in [1.82, 2.24) is 4.98 Å². The molecule has 1 fully saturated rings. The van der Waals surface area contributed by atoms with Crippen molar-refractivity contribution >= 4 is 23.5 Å². The van der Waals surface area contributed by atoms with Gasteiger partial charge in [0.25, 0.3) is 0 Å². The first-order valence-corrected chi connectivity index (χ1v) is 9.70. The van der Waals surface area contributed by atoms with Crippen LogP contribution >= 0.6 is 11.8 Å². The normalized spacial score (nSPS) is 18.1. The number of amides is 1. The number of nitrogens with two attached hydrogens (primary N) is 1. The molecule has 2 aliphatic rings. The number of hydrogen-bond donors (Lipinski definition) is 1. The van der Waals surface area contributed by atoms with Crippen molar-refractivity contribution in [2.75, 3.05) is 23.7 Å². The molecule has 3 rings (SSSR count). The van der Waals surface area contributed by atoms with Gasteiger partial charge in [-0.2, -0.15) is 5.26 Å². The Morgan fingerprint density at radius 1 is 1.33 bits per heavy atom. The smallest absolute Gasteiger partial charge is 0.227 e. The van der Waals surface area contributed by atoms with Gasteiger partial charge < -0.3 is 10.6 Å². The maximum absolute atomic E-state index is 11.2. The summed E-state index contributed by atoms with van der Waals surface area (Å²) in [7, 11) is 0. The molecule has 24 heavy (non-hydrogen) atoms. The van der Waals surface area contributed by atoms with Crippen LogP contribution in [0.15, 0.2) is 5.03 Å². The van der Waals surface area contributed by atoms with E-state index in [4.69, 9.17) is 10.7 Å². The fourth-order valence-electron chi connectivity index (χ4n) is 3.62. The van der Waals surface area contributed by atoms with E-state index in [1.54, 1.807) is 0 Å². The predicted molar refractivity (Wildman–Crippen MR) is 96.1 cm³/mol. The number of primary amides is 1. The summed E-state index contributed by atoms with van der Waals surface area (Å²) in [5.74, 6) is 1.59. The Morgan fingerprint density at radius 2 is 2.00 bits per heavy atom. The first-order chi connectivity index (χ1) is 11.6. The van der Waals surface area contributed by atoms with Gasteiger partial charge in [0, 0.05) is 13.1 Å². The van der Waals surface area contributed by atoms with Crippen LogP contribution in [-0.4, -0.2) is 29.7 Å². The van der Waals surface area contributed by atoms with Gasteiger partial charge in [0.2, 0.25) is 5.91 Å². The van der Waals surface area contributed by atoms with E-state index in [1.807, 2.05) is 0 Å². The number of hydrogen-bond acceptors (Lipinski definition) is 5. The van der Waals surface area contributed by atoms with Crippen LogP contribution in [0.1, 0.15) is 49.3 Å². The summed E-state index contributed by atoms with van der Waals surface area (Å²) in [6.07, 6.45) is 6.56. The highest BCUT2D eigenvalue weighted by Crippen LogP contribution is 2.37. The molecule has 1 aromatic heterocycles. The van der Waals surface area contributed by atoms with Gasteiger partial charge in [-0.05, 0) is 55.6 Å². The van der Waals surface area contributed by atoms with Gasteiger partial charge in [-0.3, -0.25) is 4.79 Å². The van der Waals surface area contributed by atoms with E-state index in [-0.39, 0.29) is 11.7 Å². The lowest BCUT2D eigenvalue weighted by molar-refractivity contribution is -0.115. The lowest BCUT2D eigenvalue weighted by atomic mass is 9.88. The Morgan fingerprint density at radius 3 is 2.62 bits per heavy atom. The minimum absolute atomic E-state index is 0.164. The van der Waals surface area contributed by atoms with E-state index >= 15 is 0 Å². The lowest BCUT2D eigenvalue weighted by Gasteiger charge is -2.34. The third kappa shape index (κ3) is 3.51. The molecule has 1 aliphatic heterocycles. The Labute approximate surface area is 147 Å². The van der Waals surface area contributed by atoms with Crippen molar-refractivity contribution in [2.45, 2.75) is 50.5 Å².